The van der Waals surface area contributed by atoms with Gasteiger partial charge in [0.05, 0.1) is 11.1 Å². The van der Waals surface area contributed by atoms with Crippen LogP contribution >= 0.6 is 0 Å². The molecule has 0 N–H and O–H groups in total. The minimum atomic E-state index is -0.280. The molecule has 1 aromatic heterocycles. The molecule has 26 heavy (non-hydrogen) atoms. The number of benzene rings is 1. The van der Waals surface area contributed by atoms with Crippen molar-refractivity contribution in [3.05, 3.63) is 94.1 Å². The number of hydrogen-bond acceptors (Lipinski definition) is 3. The Morgan fingerprint density at radius 1 is 1.04 bits per heavy atom. The Kier molecular flexibility index (Phi) is 6.51. The van der Waals surface area contributed by atoms with Crippen LogP contribution in [0.3, 0.4) is 0 Å². The maximum atomic E-state index is 12.5. The first-order valence-corrected chi connectivity index (χ1v) is 8.05. The first-order chi connectivity index (χ1) is 12.1. The number of carbonyl (C=O) groups excluding carboxylic acids is 1. The van der Waals surface area contributed by atoms with Gasteiger partial charge in [-0.05, 0) is 31.5 Å². The van der Waals surface area contributed by atoms with Crippen molar-refractivity contribution >= 4 is 16.8 Å². The van der Waals surface area contributed by atoms with Gasteiger partial charge in [0.15, 0.2) is 5.43 Å². The van der Waals surface area contributed by atoms with E-state index in [1.807, 2.05) is 73.7 Å². The van der Waals surface area contributed by atoms with Gasteiger partial charge in [0.25, 0.3) is 0 Å². The van der Waals surface area contributed by atoms with Crippen LogP contribution in [0.25, 0.3) is 22.3 Å². The molecule has 4 rings (SSSR count). The molecule has 0 saturated carbocycles. The Morgan fingerprint density at radius 2 is 1.62 bits per heavy atom. The van der Waals surface area contributed by atoms with Gasteiger partial charge < -0.3 is 39.5 Å². The molecule has 0 saturated heterocycles. The zero-order chi connectivity index (χ0) is 17.8. The van der Waals surface area contributed by atoms with Crippen LogP contribution in [-0.4, -0.2) is 5.78 Å². The molecule has 0 spiro atoms. The first kappa shape index (κ1) is 19.6. The van der Waals surface area contributed by atoms with Gasteiger partial charge in [0.2, 0.25) is 0 Å². The number of ketones is 1. The van der Waals surface area contributed by atoms with Gasteiger partial charge in [-0.3, -0.25) is 4.79 Å². The molecule has 0 unspecified atom stereocenters. The van der Waals surface area contributed by atoms with E-state index in [9.17, 15) is 9.59 Å². The van der Waals surface area contributed by atoms with Crippen molar-refractivity contribution in [2.75, 3.05) is 0 Å². The van der Waals surface area contributed by atoms with Gasteiger partial charge in [0, 0.05) is 22.6 Å². The molecule has 4 heteroatoms. The fourth-order valence-corrected chi connectivity index (χ4v) is 2.67. The number of aryl methyl sites for hydroxylation is 1. The summed E-state index contributed by atoms with van der Waals surface area (Å²) in [5.41, 5.74) is 2.11. The molecule has 0 amide bonds. The maximum Gasteiger partial charge on any atom is 0.163 e. The third kappa shape index (κ3) is 4.10. The van der Waals surface area contributed by atoms with Crippen LogP contribution in [0, 0.1) is 6.92 Å². The third-order valence-corrected chi connectivity index (χ3v) is 3.88. The van der Waals surface area contributed by atoms with E-state index in [1.165, 1.54) is 6.92 Å². The average Bonchev–Trinajstić information content (AvgIpc) is 3.30. The number of carbonyl (C=O) groups is 1. The molecule has 0 bridgehead atoms. The van der Waals surface area contributed by atoms with Crippen molar-refractivity contribution in [2.24, 2.45) is 0 Å². The van der Waals surface area contributed by atoms with E-state index in [0.29, 0.717) is 16.7 Å². The number of rotatable bonds is 2. The van der Waals surface area contributed by atoms with Crippen LogP contribution in [0.1, 0.15) is 22.8 Å². The van der Waals surface area contributed by atoms with Gasteiger partial charge in [-0.25, -0.2) is 0 Å². The Labute approximate surface area is 162 Å². The van der Waals surface area contributed by atoms with Crippen molar-refractivity contribution in [3.8, 4) is 11.3 Å². The zero-order valence-corrected chi connectivity index (χ0v) is 15.6. The van der Waals surface area contributed by atoms with E-state index in [2.05, 4.69) is 0 Å². The van der Waals surface area contributed by atoms with Crippen LogP contribution in [0.2, 0.25) is 0 Å². The van der Waals surface area contributed by atoms with Gasteiger partial charge in [-0.1, -0.05) is 11.6 Å². The summed E-state index contributed by atoms with van der Waals surface area (Å²) >= 11 is 0. The summed E-state index contributed by atoms with van der Waals surface area (Å²) in [5, 5.41) is 0.441. The Morgan fingerprint density at radius 3 is 2.15 bits per heavy atom. The van der Waals surface area contributed by atoms with Crippen LogP contribution in [0.15, 0.2) is 82.0 Å². The SMILES string of the molecule is CC(=O)c1c(-[c-]2cccc2)oc2cc(C)ccc2c1=O.[Fe].[cH-]1[cH-][cH-][cH-][cH-]1. The molecule has 0 atom stereocenters. The standard InChI is InChI=1S/C17H13O3.C5H5.Fe/c1-10-7-8-13-14(9-10)20-17(12-5-3-4-6-12)15(11(2)18)16(13)19;1-2-4-5-3-1;/h3-9H,1-2H3;1-5H;/q-1;-5;. The fraction of sp³-hybridized carbons (Fsp3) is 0.0909. The first-order valence-electron chi connectivity index (χ1n) is 8.05. The Balaban J connectivity index is 0.000000351. The minimum absolute atomic E-state index is 0. The van der Waals surface area contributed by atoms with E-state index in [0.717, 1.165) is 11.1 Å². The molecule has 4 aromatic rings. The monoisotopic (exact) mass is 386 g/mol. The molecule has 0 aliphatic heterocycles. The second kappa shape index (κ2) is 8.61. The molecule has 0 aliphatic rings. The van der Waals surface area contributed by atoms with E-state index in [-0.39, 0.29) is 33.8 Å². The summed E-state index contributed by atoms with van der Waals surface area (Å²) in [5.74, 6) is 0.0722. The van der Waals surface area contributed by atoms with Crippen LogP contribution in [-0.2, 0) is 17.1 Å². The zero-order valence-electron chi connectivity index (χ0n) is 14.5. The quantitative estimate of drug-likeness (QED) is 0.274. The summed E-state index contributed by atoms with van der Waals surface area (Å²) in [6, 6.07) is 22.7. The van der Waals surface area contributed by atoms with Crippen molar-refractivity contribution in [2.45, 2.75) is 13.8 Å². The summed E-state index contributed by atoms with van der Waals surface area (Å²) < 4.78 is 5.84. The van der Waals surface area contributed by atoms with Gasteiger partial charge in [-0.2, -0.15) is 12.1 Å². The molecule has 0 radical (unpaired) electrons. The Hall–Kier alpha value is -2.68. The topological polar surface area (TPSA) is 47.3 Å². The van der Waals surface area contributed by atoms with E-state index >= 15 is 0 Å². The van der Waals surface area contributed by atoms with Crippen molar-refractivity contribution in [1.29, 1.82) is 0 Å². The molecule has 0 fully saturated rings. The van der Waals surface area contributed by atoms with Crippen molar-refractivity contribution < 1.29 is 26.3 Å². The number of Topliss-reactive ketones (excluding diaryl/α,β-unsaturated/α-hetero) is 1. The fourth-order valence-electron chi connectivity index (χ4n) is 2.67. The van der Waals surface area contributed by atoms with Crippen LogP contribution < -0.4 is 5.43 Å². The normalized spacial score (nSPS) is 9.92. The second-order valence-electron chi connectivity index (χ2n) is 5.83. The molecule has 138 valence electrons. The number of fused-ring (bicyclic) bond motifs is 1. The molecule has 0 aliphatic carbocycles. The maximum absolute atomic E-state index is 12.5. The summed E-state index contributed by atoms with van der Waals surface area (Å²) in [6.45, 7) is 3.32. The minimum Gasteiger partial charge on any atom is -0.748 e. The second-order valence-corrected chi connectivity index (χ2v) is 5.83. The summed E-state index contributed by atoms with van der Waals surface area (Å²) in [7, 11) is 0. The van der Waals surface area contributed by atoms with Gasteiger partial charge >= 0.3 is 0 Å². The molecule has 1 heterocycles. The van der Waals surface area contributed by atoms with Crippen molar-refractivity contribution in [1.82, 2.24) is 0 Å². The van der Waals surface area contributed by atoms with E-state index in [1.54, 1.807) is 6.07 Å². The Bertz CT molecular complexity index is 1020. The van der Waals surface area contributed by atoms with E-state index in [4.69, 9.17) is 4.42 Å². The van der Waals surface area contributed by atoms with Gasteiger partial charge in [-0.15, -0.1) is 12.1 Å². The van der Waals surface area contributed by atoms with Crippen LogP contribution in [0.5, 0.6) is 0 Å². The van der Waals surface area contributed by atoms with Gasteiger partial charge in [0.1, 0.15) is 11.4 Å². The van der Waals surface area contributed by atoms with E-state index < -0.39 is 0 Å². The van der Waals surface area contributed by atoms with Crippen molar-refractivity contribution in [3.63, 3.8) is 0 Å². The summed E-state index contributed by atoms with van der Waals surface area (Å²) in [4.78, 5) is 24.3. The molecular weight excluding hydrogens is 368 g/mol. The summed E-state index contributed by atoms with van der Waals surface area (Å²) in [6.07, 6.45) is 0. The largest absolute Gasteiger partial charge is 0.748 e. The smallest absolute Gasteiger partial charge is 0.163 e. The van der Waals surface area contributed by atoms with Crippen LogP contribution in [0.4, 0.5) is 0 Å². The average molecular weight is 386 g/mol. The number of hydrogen-bond donors (Lipinski definition) is 0. The third-order valence-electron chi connectivity index (χ3n) is 3.88. The molecule has 3 aromatic carbocycles. The molecular formula is C22H18FeO3-6. The molecule has 3 nitrogen and oxygen atoms in total. The predicted molar refractivity (Wildman–Crippen MR) is 100 cm³/mol. The predicted octanol–water partition coefficient (Wildman–Crippen LogP) is 5.09.